The molecule has 1 saturated heterocycles. The molecule has 0 bridgehead atoms. The van der Waals surface area contributed by atoms with E-state index in [0.717, 1.165) is 37.9 Å². The van der Waals surface area contributed by atoms with E-state index in [0.29, 0.717) is 6.54 Å². The fourth-order valence-corrected chi connectivity index (χ4v) is 4.67. The predicted octanol–water partition coefficient (Wildman–Crippen LogP) is 4.66. The van der Waals surface area contributed by atoms with E-state index in [-0.39, 0.29) is 16.6 Å². The van der Waals surface area contributed by atoms with E-state index in [9.17, 15) is 9.59 Å². The van der Waals surface area contributed by atoms with Crippen molar-refractivity contribution in [1.82, 2.24) is 14.8 Å². The van der Waals surface area contributed by atoms with Crippen molar-refractivity contribution in [3.63, 3.8) is 0 Å². The first-order chi connectivity index (χ1) is 14.3. The molecule has 1 fully saturated rings. The van der Waals surface area contributed by atoms with Gasteiger partial charge < -0.3 is 4.57 Å². The molecule has 3 aromatic rings. The van der Waals surface area contributed by atoms with Crippen LogP contribution in [0.15, 0.2) is 52.5 Å². The van der Waals surface area contributed by atoms with Crippen molar-refractivity contribution in [1.29, 1.82) is 0 Å². The third-order valence-corrected chi connectivity index (χ3v) is 6.37. The monoisotopic (exact) mass is 481 g/mol. The van der Waals surface area contributed by atoms with Crippen LogP contribution in [-0.2, 0) is 9.59 Å². The molecule has 2 heterocycles. The predicted molar refractivity (Wildman–Crippen MR) is 127 cm³/mol. The molecule has 0 unspecified atom stereocenters. The van der Waals surface area contributed by atoms with Crippen molar-refractivity contribution in [2.75, 3.05) is 6.54 Å². The summed E-state index contributed by atoms with van der Waals surface area (Å²) in [7, 11) is 0. The maximum Gasteiger partial charge on any atom is 0.265 e. The highest BCUT2D eigenvalue weighted by molar-refractivity contribution is 9.10. The molecule has 1 N–H and O–H groups in total. The van der Waals surface area contributed by atoms with Gasteiger partial charge in [0.2, 0.25) is 0 Å². The first-order valence-corrected chi connectivity index (χ1v) is 10.8. The second-order valence-corrected chi connectivity index (χ2v) is 8.38. The van der Waals surface area contributed by atoms with Gasteiger partial charge in [0.25, 0.3) is 11.8 Å². The number of fused-ring (bicyclic) bond motifs is 1. The molecule has 2 amide bonds. The third kappa shape index (κ3) is 3.28. The van der Waals surface area contributed by atoms with Crippen molar-refractivity contribution >= 4 is 61.9 Å². The smallest absolute Gasteiger partial charge is 0.265 e. The van der Waals surface area contributed by atoms with Crippen molar-refractivity contribution in [3.8, 4) is 5.69 Å². The molecule has 7 heteroatoms. The molecule has 5 nitrogen and oxygen atoms in total. The summed E-state index contributed by atoms with van der Waals surface area (Å²) in [5, 5.41) is 4.99. The van der Waals surface area contributed by atoms with Crippen LogP contribution < -0.4 is 5.32 Å². The summed E-state index contributed by atoms with van der Waals surface area (Å²) in [6.45, 7) is 6.23. The molecular weight excluding hydrogens is 462 g/mol. The Morgan fingerprint density at radius 3 is 2.50 bits per heavy atom. The van der Waals surface area contributed by atoms with Crippen LogP contribution in [0.5, 0.6) is 0 Å². The molecular formula is C23H20BrN3O2S. The van der Waals surface area contributed by atoms with Crippen molar-refractivity contribution in [3.05, 3.63) is 69.5 Å². The second kappa shape index (κ2) is 7.81. The summed E-state index contributed by atoms with van der Waals surface area (Å²) in [5.74, 6) is -0.835. The zero-order valence-electron chi connectivity index (χ0n) is 16.8. The number of likely N-dealkylation sites (N-methyl/N-ethyl adjacent to an activating group) is 1. The number of aromatic nitrogens is 1. The highest BCUT2D eigenvalue weighted by Crippen LogP contribution is 2.32. The number of carbonyl (C=O) groups is 2. The Morgan fingerprint density at radius 1 is 1.10 bits per heavy atom. The number of amides is 2. The fourth-order valence-electron chi connectivity index (χ4n) is 3.88. The zero-order chi connectivity index (χ0) is 21.6. The number of benzene rings is 2. The van der Waals surface area contributed by atoms with Gasteiger partial charge in [0.05, 0.1) is 5.69 Å². The highest BCUT2D eigenvalue weighted by Gasteiger charge is 2.32. The van der Waals surface area contributed by atoms with E-state index < -0.39 is 5.91 Å². The standard InChI is InChI=1S/C23H20BrN3O2S/c1-4-26-22(29)18(21(28)25-23(26)30)12-15-11-13(2)27(14(15)3)20-10-9-19(24)16-7-5-6-8-17(16)20/h5-12H,4H2,1-3H3,(H,25,28,30)/b18-12+. The van der Waals surface area contributed by atoms with Gasteiger partial charge in [-0.3, -0.25) is 19.8 Å². The maximum atomic E-state index is 12.8. The van der Waals surface area contributed by atoms with Crippen LogP contribution in [0.2, 0.25) is 0 Å². The van der Waals surface area contributed by atoms with Gasteiger partial charge in [-0.15, -0.1) is 0 Å². The topological polar surface area (TPSA) is 54.3 Å². The lowest BCUT2D eigenvalue weighted by molar-refractivity contribution is -0.128. The number of nitrogens with zero attached hydrogens (tertiary/aromatic N) is 2. The first-order valence-electron chi connectivity index (χ1n) is 9.59. The van der Waals surface area contributed by atoms with E-state index >= 15 is 0 Å². The van der Waals surface area contributed by atoms with Gasteiger partial charge >= 0.3 is 0 Å². The molecule has 152 valence electrons. The number of halogens is 1. The minimum Gasteiger partial charge on any atom is -0.317 e. The molecule has 1 aliphatic heterocycles. The summed E-state index contributed by atoms with van der Waals surface area (Å²) in [4.78, 5) is 26.6. The van der Waals surface area contributed by atoms with Gasteiger partial charge in [-0.2, -0.15) is 0 Å². The number of nitrogens with one attached hydrogen (secondary N) is 1. The highest BCUT2D eigenvalue weighted by atomic mass is 79.9. The van der Waals surface area contributed by atoms with Crippen LogP contribution >= 0.6 is 28.1 Å². The van der Waals surface area contributed by atoms with E-state index in [1.54, 1.807) is 6.08 Å². The first kappa shape index (κ1) is 20.5. The molecule has 1 aliphatic rings. The fraction of sp³-hybridized carbons (Fsp3) is 0.174. The summed E-state index contributed by atoms with van der Waals surface area (Å²) < 4.78 is 3.18. The average molecular weight is 482 g/mol. The van der Waals surface area contributed by atoms with E-state index in [4.69, 9.17) is 12.2 Å². The summed E-state index contributed by atoms with van der Waals surface area (Å²) in [6, 6.07) is 14.3. The van der Waals surface area contributed by atoms with Crippen LogP contribution in [0.4, 0.5) is 0 Å². The zero-order valence-corrected chi connectivity index (χ0v) is 19.2. The van der Waals surface area contributed by atoms with Crippen LogP contribution in [0.1, 0.15) is 23.9 Å². The lowest BCUT2D eigenvalue weighted by atomic mass is 10.1. The summed E-state index contributed by atoms with van der Waals surface area (Å²) in [6.07, 6.45) is 1.65. The van der Waals surface area contributed by atoms with Gasteiger partial charge in [-0.05, 0) is 68.2 Å². The van der Waals surface area contributed by atoms with Crippen LogP contribution in [0.25, 0.3) is 22.5 Å². The quantitative estimate of drug-likeness (QED) is 0.336. The van der Waals surface area contributed by atoms with Gasteiger partial charge in [0, 0.05) is 27.8 Å². The third-order valence-electron chi connectivity index (χ3n) is 5.36. The van der Waals surface area contributed by atoms with Crippen LogP contribution in [0.3, 0.4) is 0 Å². The SMILES string of the molecule is CCN1C(=O)/C(=C/c2cc(C)n(-c3ccc(Br)c4ccccc34)c2C)C(=O)NC1=S. The average Bonchev–Trinajstić information content (AvgIpc) is 2.99. The normalized spacial score (nSPS) is 15.9. The lowest BCUT2D eigenvalue weighted by Crippen LogP contribution is -2.53. The lowest BCUT2D eigenvalue weighted by Gasteiger charge is -2.27. The Morgan fingerprint density at radius 2 is 1.80 bits per heavy atom. The molecule has 0 radical (unpaired) electrons. The van der Waals surface area contributed by atoms with Crippen LogP contribution in [0, 0.1) is 13.8 Å². The molecule has 0 atom stereocenters. The number of hydrogen-bond acceptors (Lipinski definition) is 3. The molecule has 0 spiro atoms. The summed E-state index contributed by atoms with van der Waals surface area (Å²) >= 11 is 8.73. The maximum absolute atomic E-state index is 12.8. The minimum absolute atomic E-state index is 0.0892. The van der Waals surface area contributed by atoms with Gasteiger partial charge in [-0.1, -0.05) is 40.2 Å². The molecule has 0 aliphatic carbocycles. The second-order valence-electron chi connectivity index (χ2n) is 7.14. The van der Waals surface area contributed by atoms with Gasteiger partial charge in [0.15, 0.2) is 5.11 Å². The number of rotatable bonds is 3. The minimum atomic E-state index is -0.464. The Kier molecular flexibility index (Phi) is 5.34. The van der Waals surface area contributed by atoms with Crippen LogP contribution in [-0.4, -0.2) is 32.9 Å². The molecule has 30 heavy (non-hydrogen) atoms. The van der Waals surface area contributed by atoms with Gasteiger partial charge in [-0.25, -0.2) is 0 Å². The van der Waals surface area contributed by atoms with E-state index in [1.165, 1.54) is 4.90 Å². The van der Waals surface area contributed by atoms with Crippen molar-refractivity contribution < 1.29 is 9.59 Å². The molecule has 2 aromatic carbocycles. The van der Waals surface area contributed by atoms with E-state index in [1.807, 2.05) is 45.0 Å². The largest absolute Gasteiger partial charge is 0.317 e. The number of aryl methyl sites for hydroxylation is 1. The Balaban J connectivity index is 1.86. The Labute approximate surface area is 188 Å². The molecule has 0 saturated carbocycles. The number of carbonyl (C=O) groups excluding carboxylic acids is 2. The van der Waals surface area contributed by atoms with Crippen molar-refractivity contribution in [2.45, 2.75) is 20.8 Å². The summed E-state index contributed by atoms with van der Waals surface area (Å²) in [5.41, 5.74) is 3.92. The van der Waals surface area contributed by atoms with E-state index in [2.05, 4.69) is 44.0 Å². The Hall–Kier alpha value is -2.77. The van der Waals surface area contributed by atoms with Crippen molar-refractivity contribution in [2.24, 2.45) is 0 Å². The Bertz CT molecular complexity index is 1260. The van der Waals surface area contributed by atoms with Gasteiger partial charge in [0.1, 0.15) is 5.57 Å². The number of hydrogen-bond donors (Lipinski definition) is 1. The molecule has 4 rings (SSSR count). The number of thiocarbonyl (C=S) groups is 1. The molecule has 1 aromatic heterocycles.